The number of hydrogen-bond donors (Lipinski definition) is 0. The zero-order valence-electron chi connectivity index (χ0n) is 13.0. The van der Waals surface area contributed by atoms with Crippen LogP contribution in [0.25, 0.3) is 43.7 Å². The summed E-state index contributed by atoms with van der Waals surface area (Å²) in [5.41, 5.74) is 1.04. The van der Waals surface area contributed by atoms with Crippen LogP contribution in [0, 0.1) is 0 Å². The molecule has 0 unspecified atom stereocenters. The van der Waals surface area contributed by atoms with E-state index < -0.39 is 0 Å². The van der Waals surface area contributed by atoms with Crippen molar-refractivity contribution in [3.63, 3.8) is 0 Å². The van der Waals surface area contributed by atoms with Gasteiger partial charge in [-0.25, -0.2) is 9.97 Å². The second-order valence-electron chi connectivity index (χ2n) is 5.96. The predicted octanol–water partition coefficient (Wildman–Crippen LogP) is 5.60. The Morgan fingerprint density at radius 1 is 0.542 bits per heavy atom. The summed E-state index contributed by atoms with van der Waals surface area (Å²) in [5, 5.41) is 7.58. The maximum Gasteiger partial charge on any atom is 0.159 e. The first-order chi connectivity index (χ1) is 11.9. The summed E-state index contributed by atoms with van der Waals surface area (Å²) >= 11 is 0. The van der Waals surface area contributed by atoms with Crippen LogP contribution in [0.1, 0.15) is 0 Å². The summed E-state index contributed by atoms with van der Waals surface area (Å²) in [6, 6.07) is 25.6. The minimum Gasteiger partial charge on any atom is -0.237 e. The molecule has 2 heteroatoms. The van der Waals surface area contributed by atoms with Gasteiger partial charge >= 0.3 is 0 Å². The summed E-state index contributed by atoms with van der Waals surface area (Å²) in [6.45, 7) is 0. The van der Waals surface area contributed by atoms with E-state index in [4.69, 9.17) is 0 Å². The lowest BCUT2D eigenvalue weighted by atomic mass is 9.95. The lowest BCUT2D eigenvalue weighted by Crippen LogP contribution is -1.87. The Bertz CT molecular complexity index is 1190. The van der Waals surface area contributed by atoms with Crippen LogP contribution >= 0.6 is 0 Å². The third-order valence-corrected chi connectivity index (χ3v) is 4.55. The van der Waals surface area contributed by atoms with Crippen molar-refractivity contribution in [2.75, 3.05) is 0 Å². The Kier molecular flexibility index (Phi) is 2.83. The first kappa shape index (κ1) is 13.2. The van der Waals surface area contributed by atoms with Gasteiger partial charge in [0.2, 0.25) is 0 Å². The normalized spacial score (nSPS) is 11.3. The second-order valence-corrected chi connectivity index (χ2v) is 5.96. The molecule has 4 aromatic carbocycles. The monoisotopic (exact) mass is 306 g/mol. The average molecular weight is 306 g/mol. The first-order valence-electron chi connectivity index (χ1n) is 8.02. The van der Waals surface area contributed by atoms with Crippen LogP contribution in [0.2, 0.25) is 0 Å². The number of fused-ring (bicyclic) bond motifs is 5. The third kappa shape index (κ3) is 1.97. The molecule has 0 saturated heterocycles. The molecule has 1 heterocycles. The largest absolute Gasteiger partial charge is 0.237 e. The fourth-order valence-corrected chi connectivity index (χ4v) is 3.41. The van der Waals surface area contributed by atoms with E-state index in [9.17, 15) is 0 Å². The van der Waals surface area contributed by atoms with Crippen molar-refractivity contribution >= 4 is 32.3 Å². The molecule has 24 heavy (non-hydrogen) atoms. The standard InChI is InChI=1S/C22H14N2/c1-2-5-19-15(4-1)6-9-17-10-7-16-8-11-18(14-20(16)21(17)19)22-23-12-3-13-24-22/h1-14H. The Hall–Kier alpha value is -3.26. The lowest BCUT2D eigenvalue weighted by molar-refractivity contribution is 1.18. The first-order valence-corrected chi connectivity index (χ1v) is 8.02. The van der Waals surface area contributed by atoms with E-state index in [0.29, 0.717) is 0 Å². The van der Waals surface area contributed by atoms with Crippen molar-refractivity contribution in [1.82, 2.24) is 9.97 Å². The number of rotatable bonds is 1. The summed E-state index contributed by atoms with van der Waals surface area (Å²) in [7, 11) is 0. The Balaban J connectivity index is 1.93. The maximum atomic E-state index is 4.39. The number of hydrogen-bond acceptors (Lipinski definition) is 2. The minimum atomic E-state index is 0.761. The molecule has 0 aliphatic carbocycles. The highest BCUT2D eigenvalue weighted by molar-refractivity contribution is 6.20. The van der Waals surface area contributed by atoms with Crippen molar-refractivity contribution in [3.05, 3.63) is 85.2 Å². The molecule has 2 nitrogen and oxygen atoms in total. The molecular formula is C22H14N2. The van der Waals surface area contributed by atoms with Gasteiger partial charge in [0, 0.05) is 18.0 Å². The van der Waals surface area contributed by atoms with Crippen LogP contribution in [0.4, 0.5) is 0 Å². The van der Waals surface area contributed by atoms with Crippen molar-refractivity contribution < 1.29 is 0 Å². The van der Waals surface area contributed by atoms with Gasteiger partial charge in [-0.05, 0) is 44.5 Å². The topological polar surface area (TPSA) is 25.8 Å². The van der Waals surface area contributed by atoms with E-state index in [1.54, 1.807) is 12.4 Å². The van der Waals surface area contributed by atoms with Gasteiger partial charge in [0.1, 0.15) is 0 Å². The fourth-order valence-electron chi connectivity index (χ4n) is 3.41. The highest BCUT2D eigenvalue weighted by Gasteiger charge is 2.07. The molecule has 0 N–H and O–H groups in total. The molecule has 0 aliphatic heterocycles. The summed E-state index contributed by atoms with van der Waals surface area (Å²) in [5.74, 6) is 0.761. The molecule has 0 atom stereocenters. The molecule has 0 amide bonds. The smallest absolute Gasteiger partial charge is 0.159 e. The summed E-state index contributed by atoms with van der Waals surface area (Å²) in [4.78, 5) is 8.77. The molecule has 0 radical (unpaired) electrons. The van der Waals surface area contributed by atoms with Crippen LogP contribution in [0.15, 0.2) is 85.2 Å². The molecule has 5 rings (SSSR count). The van der Waals surface area contributed by atoms with Crippen LogP contribution in [-0.4, -0.2) is 9.97 Å². The van der Waals surface area contributed by atoms with Gasteiger partial charge in [0.25, 0.3) is 0 Å². The van der Waals surface area contributed by atoms with Crippen LogP contribution in [-0.2, 0) is 0 Å². The van der Waals surface area contributed by atoms with Crippen molar-refractivity contribution in [2.24, 2.45) is 0 Å². The lowest BCUT2D eigenvalue weighted by Gasteiger charge is -2.09. The van der Waals surface area contributed by atoms with Gasteiger partial charge in [-0.2, -0.15) is 0 Å². The second kappa shape index (κ2) is 5.14. The molecule has 0 aliphatic rings. The van der Waals surface area contributed by atoms with Gasteiger partial charge in [-0.3, -0.25) is 0 Å². The molecule has 0 spiro atoms. The van der Waals surface area contributed by atoms with Crippen LogP contribution in [0.5, 0.6) is 0 Å². The number of nitrogens with zero attached hydrogens (tertiary/aromatic N) is 2. The molecule has 0 saturated carbocycles. The van der Waals surface area contributed by atoms with Gasteiger partial charge in [-0.15, -0.1) is 0 Å². The van der Waals surface area contributed by atoms with E-state index in [1.807, 2.05) is 6.07 Å². The summed E-state index contributed by atoms with van der Waals surface area (Å²) in [6.07, 6.45) is 3.57. The predicted molar refractivity (Wildman–Crippen MR) is 100.0 cm³/mol. The Morgan fingerprint density at radius 2 is 1.21 bits per heavy atom. The van der Waals surface area contributed by atoms with Crippen LogP contribution < -0.4 is 0 Å². The molecule has 5 aromatic rings. The van der Waals surface area contributed by atoms with Gasteiger partial charge in [-0.1, -0.05) is 60.7 Å². The van der Waals surface area contributed by atoms with Crippen LogP contribution in [0.3, 0.4) is 0 Å². The zero-order chi connectivity index (χ0) is 15.9. The third-order valence-electron chi connectivity index (χ3n) is 4.55. The van der Waals surface area contributed by atoms with Crippen molar-refractivity contribution in [3.8, 4) is 11.4 Å². The Morgan fingerprint density at radius 3 is 2.04 bits per heavy atom. The van der Waals surface area contributed by atoms with E-state index in [-0.39, 0.29) is 0 Å². The van der Waals surface area contributed by atoms with E-state index in [0.717, 1.165) is 11.4 Å². The minimum absolute atomic E-state index is 0.761. The van der Waals surface area contributed by atoms with Gasteiger partial charge in [0.05, 0.1) is 0 Å². The van der Waals surface area contributed by atoms with E-state index >= 15 is 0 Å². The highest BCUT2D eigenvalue weighted by atomic mass is 14.8. The molecule has 1 aromatic heterocycles. The SMILES string of the molecule is c1cnc(-c2ccc3ccc4ccc5ccccc5c4c3c2)nc1. The molecule has 0 bridgehead atoms. The number of aromatic nitrogens is 2. The quantitative estimate of drug-likeness (QED) is 0.376. The van der Waals surface area contributed by atoms with E-state index in [1.165, 1.54) is 32.3 Å². The van der Waals surface area contributed by atoms with Crippen molar-refractivity contribution in [2.45, 2.75) is 0 Å². The molecule has 112 valence electrons. The summed E-state index contributed by atoms with van der Waals surface area (Å²) < 4.78 is 0. The maximum absolute atomic E-state index is 4.39. The van der Waals surface area contributed by atoms with E-state index in [2.05, 4.69) is 76.7 Å². The fraction of sp³-hybridized carbons (Fsp3) is 0. The average Bonchev–Trinajstić information content (AvgIpc) is 2.67. The van der Waals surface area contributed by atoms with Gasteiger partial charge < -0.3 is 0 Å². The zero-order valence-corrected chi connectivity index (χ0v) is 13.0. The Labute approximate surface area is 139 Å². The molecular weight excluding hydrogens is 292 g/mol. The molecule has 0 fully saturated rings. The number of benzene rings is 4. The van der Waals surface area contributed by atoms with Crippen molar-refractivity contribution in [1.29, 1.82) is 0 Å². The highest BCUT2D eigenvalue weighted by Crippen LogP contribution is 2.33. The van der Waals surface area contributed by atoms with Gasteiger partial charge in [0.15, 0.2) is 5.82 Å².